The largest absolute Gasteiger partial charge is 0.416 e. The number of halogens is 4. The number of hydrogen-bond donors (Lipinski definition) is 1. The highest BCUT2D eigenvalue weighted by Gasteiger charge is 2.33. The number of benzene rings is 2. The van der Waals surface area contributed by atoms with Crippen LogP contribution in [-0.2, 0) is 11.0 Å². The molecule has 5 nitrogen and oxygen atoms in total. The minimum atomic E-state index is -4.53. The van der Waals surface area contributed by atoms with Crippen molar-refractivity contribution >= 4 is 35.0 Å². The van der Waals surface area contributed by atoms with Crippen LogP contribution in [0.3, 0.4) is 0 Å². The molecule has 2 aromatic carbocycles. The predicted octanol–water partition coefficient (Wildman–Crippen LogP) is 5.94. The van der Waals surface area contributed by atoms with Crippen LogP contribution < -0.4 is 5.32 Å². The Morgan fingerprint density at radius 1 is 1.19 bits per heavy atom. The van der Waals surface area contributed by atoms with Gasteiger partial charge in [0.2, 0.25) is 5.91 Å². The van der Waals surface area contributed by atoms with Crippen LogP contribution in [0.4, 0.5) is 18.9 Å². The third kappa shape index (κ3) is 4.88. The van der Waals surface area contributed by atoms with Crippen LogP contribution in [0.15, 0.2) is 53.7 Å². The molecule has 10 heteroatoms. The normalized spacial score (nSPS) is 15.0. The number of amides is 1. The summed E-state index contributed by atoms with van der Waals surface area (Å²) < 4.78 is 40.9. The van der Waals surface area contributed by atoms with Gasteiger partial charge < -0.3 is 5.32 Å². The van der Waals surface area contributed by atoms with Gasteiger partial charge in [-0.3, -0.25) is 9.36 Å². The molecule has 1 amide bonds. The van der Waals surface area contributed by atoms with Crippen molar-refractivity contribution in [3.63, 3.8) is 0 Å². The molecule has 162 valence electrons. The first-order valence-electron chi connectivity index (χ1n) is 9.59. The predicted molar refractivity (Wildman–Crippen MR) is 114 cm³/mol. The Hall–Kier alpha value is -2.52. The summed E-state index contributed by atoms with van der Waals surface area (Å²) in [7, 11) is 0. The summed E-state index contributed by atoms with van der Waals surface area (Å²) in [4.78, 5) is 12.7. The highest BCUT2D eigenvalue weighted by atomic mass is 35.5. The topological polar surface area (TPSA) is 59.8 Å². The van der Waals surface area contributed by atoms with Gasteiger partial charge >= 0.3 is 6.18 Å². The van der Waals surface area contributed by atoms with E-state index in [0.717, 1.165) is 42.6 Å². The van der Waals surface area contributed by atoms with Crippen LogP contribution in [0.5, 0.6) is 0 Å². The van der Waals surface area contributed by atoms with Crippen molar-refractivity contribution in [2.24, 2.45) is 0 Å². The first-order valence-corrected chi connectivity index (χ1v) is 10.8. The van der Waals surface area contributed by atoms with Crippen LogP contribution in [0.25, 0.3) is 5.69 Å². The van der Waals surface area contributed by atoms with Crippen molar-refractivity contribution < 1.29 is 18.0 Å². The Kier molecular flexibility index (Phi) is 5.98. The zero-order valence-corrected chi connectivity index (χ0v) is 17.9. The molecule has 0 unspecified atom stereocenters. The lowest BCUT2D eigenvalue weighted by Gasteiger charge is -2.15. The van der Waals surface area contributed by atoms with E-state index in [0.29, 0.717) is 11.1 Å². The molecule has 31 heavy (non-hydrogen) atoms. The second-order valence-electron chi connectivity index (χ2n) is 7.23. The molecule has 1 heterocycles. The van der Waals surface area contributed by atoms with Crippen molar-refractivity contribution in [2.45, 2.75) is 42.3 Å². The summed E-state index contributed by atoms with van der Waals surface area (Å²) in [5.41, 5.74) is -0.0760. The molecule has 1 aliphatic carbocycles. The highest BCUT2D eigenvalue weighted by Crippen LogP contribution is 2.41. The summed E-state index contributed by atoms with van der Waals surface area (Å²) >= 11 is 7.18. The van der Waals surface area contributed by atoms with Gasteiger partial charge in [0.25, 0.3) is 0 Å². The van der Waals surface area contributed by atoms with Gasteiger partial charge in [-0.2, -0.15) is 13.2 Å². The Morgan fingerprint density at radius 3 is 2.55 bits per heavy atom. The number of nitrogens with zero attached hydrogens (tertiary/aromatic N) is 3. The Bertz CT molecular complexity index is 1100. The van der Waals surface area contributed by atoms with Gasteiger partial charge in [-0.1, -0.05) is 41.6 Å². The van der Waals surface area contributed by atoms with E-state index in [1.54, 1.807) is 6.92 Å². The molecule has 4 rings (SSSR count). The summed E-state index contributed by atoms with van der Waals surface area (Å²) in [5, 5.41) is 11.0. The number of rotatable bonds is 6. The maximum absolute atomic E-state index is 13.0. The van der Waals surface area contributed by atoms with E-state index in [9.17, 15) is 18.0 Å². The van der Waals surface area contributed by atoms with E-state index < -0.39 is 22.9 Å². The SMILES string of the molecule is C[C@H](Sc1nnc(C2CC2)n1-c1ccccc1)C(=O)Nc1cc(C(F)(F)F)ccc1Cl. The summed E-state index contributed by atoms with van der Waals surface area (Å²) in [5.74, 6) is 0.708. The zero-order valence-electron chi connectivity index (χ0n) is 16.4. The average molecular weight is 467 g/mol. The van der Waals surface area contributed by atoms with E-state index >= 15 is 0 Å². The van der Waals surface area contributed by atoms with Gasteiger partial charge in [-0.05, 0) is 50.1 Å². The molecule has 1 aliphatic rings. The Labute approximate surface area is 186 Å². The molecule has 3 aromatic rings. The lowest BCUT2D eigenvalue weighted by atomic mass is 10.2. The maximum Gasteiger partial charge on any atom is 0.416 e. The molecular weight excluding hydrogens is 449 g/mol. The fourth-order valence-corrected chi connectivity index (χ4v) is 4.07. The average Bonchev–Trinajstić information content (AvgIpc) is 3.49. The highest BCUT2D eigenvalue weighted by molar-refractivity contribution is 8.00. The quantitative estimate of drug-likeness (QED) is 0.457. The number of carbonyl (C=O) groups excluding carboxylic acids is 1. The monoisotopic (exact) mass is 466 g/mol. The van der Waals surface area contributed by atoms with Gasteiger partial charge in [0, 0.05) is 11.6 Å². The lowest BCUT2D eigenvalue weighted by Crippen LogP contribution is -2.23. The molecule has 0 saturated heterocycles. The lowest BCUT2D eigenvalue weighted by molar-refractivity contribution is -0.137. The molecule has 1 aromatic heterocycles. The van der Waals surface area contributed by atoms with E-state index in [1.807, 2.05) is 34.9 Å². The van der Waals surface area contributed by atoms with Crippen molar-refractivity contribution in [1.29, 1.82) is 0 Å². The fraction of sp³-hybridized carbons (Fsp3) is 0.286. The Morgan fingerprint density at radius 2 is 1.90 bits per heavy atom. The third-order valence-corrected chi connectivity index (χ3v) is 6.19. The summed E-state index contributed by atoms with van der Waals surface area (Å²) in [6.45, 7) is 1.66. The minimum absolute atomic E-state index is 0.0297. The maximum atomic E-state index is 13.0. The number of anilines is 1. The molecule has 1 N–H and O–H groups in total. The van der Waals surface area contributed by atoms with Crippen molar-refractivity contribution in [3.05, 3.63) is 64.9 Å². The smallest absolute Gasteiger partial charge is 0.324 e. The molecule has 0 bridgehead atoms. The number of alkyl halides is 3. The van der Waals surface area contributed by atoms with Gasteiger partial charge in [-0.15, -0.1) is 10.2 Å². The number of para-hydroxylation sites is 1. The number of hydrogen-bond acceptors (Lipinski definition) is 4. The second kappa shape index (κ2) is 8.55. The molecule has 0 radical (unpaired) electrons. The van der Waals surface area contributed by atoms with Gasteiger partial charge in [0.1, 0.15) is 5.82 Å². The standard InChI is InChI=1S/C21H18ClF3N4OS/c1-12(19(30)26-17-11-14(21(23,24)25)9-10-16(17)22)31-20-28-27-18(13-7-8-13)29(20)15-5-3-2-4-6-15/h2-6,9-13H,7-8H2,1H3,(H,26,30)/t12-/m0/s1. The van der Waals surface area contributed by atoms with Crippen molar-refractivity contribution in [2.75, 3.05) is 5.32 Å². The minimum Gasteiger partial charge on any atom is -0.324 e. The number of aromatic nitrogens is 3. The fourth-order valence-electron chi connectivity index (χ4n) is 3.03. The van der Waals surface area contributed by atoms with E-state index in [-0.39, 0.29) is 10.7 Å². The second-order valence-corrected chi connectivity index (χ2v) is 8.94. The molecule has 1 saturated carbocycles. The zero-order chi connectivity index (χ0) is 22.2. The van der Waals surface area contributed by atoms with E-state index in [4.69, 9.17) is 11.6 Å². The van der Waals surface area contributed by atoms with E-state index in [1.165, 1.54) is 11.8 Å². The summed E-state index contributed by atoms with van der Waals surface area (Å²) in [6, 6.07) is 12.4. The van der Waals surface area contributed by atoms with Crippen LogP contribution in [-0.4, -0.2) is 25.9 Å². The van der Waals surface area contributed by atoms with Gasteiger partial charge in [0.05, 0.1) is 21.5 Å². The van der Waals surface area contributed by atoms with Crippen molar-refractivity contribution in [1.82, 2.24) is 14.8 Å². The van der Waals surface area contributed by atoms with Gasteiger partial charge in [-0.25, -0.2) is 0 Å². The first kappa shape index (κ1) is 21.7. The molecule has 1 atom stereocenters. The van der Waals surface area contributed by atoms with Crippen LogP contribution in [0.1, 0.15) is 37.1 Å². The summed E-state index contributed by atoms with van der Waals surface area (Å²) in [6.07, 6.45) is -2.45. The van der Waals surface area contributed by atoms with Crippen LogP contribution >= 0.6 is 23.4 Å². The molecular formula is C21H18ClF3N4OS. The number of nitrogens with one attached hydrogen (secondary N) is 1. The molecule has 0 aliphatic heterocycles. The van der Waals surface area contributed by atoms with Crippen LogP contribution in [0, 0.1) is 0 Å². The Balaban J connectivity index is 1.54. The number of thioether (sulfide) groups is 1. The van der Waals surface area contributed by atoms with Gasteiger partial charge in [0.15, 0.2) is 5.16 Å². The van der Waals surface area contributed by atoms with Crippen LogP contribution in [0.2, 0.25) is 5.02 Å². The number of carbonyl (C=O) groups is 1. The molecule has 0 spiro atoms. The van der Waals surface area contributed by atoms with E-state index in [2.05, 4.69) is 15.5 Å². The molecule has 1 fully saturated rings. The third-order valence-electron chi connectivity index (χ3n) is 4.82. The first-order chi connectivity index (χ1) is 14.7. The van der Waals surface area contributed by atoms with Crippen molar-refractivity contribution in [3.8, 4) is 5.69 Å².